The first-order valence-electron chi connectivity index (χ1n) is 8.70. The monoisotopic (exact) mass is 396 g/mol. The number of rotatable bonds is 4. The lowest BCUT2D eigenvalue weighted by Gasteiger charge is -2.17. The number of amides is 3. The molecule has 0 atom stereocenters. The predicted molar refractivity (Wildman–Crippen MR) is 110 cm³/mol. The van der Waals surface area contributed by atoms with Crippen LogP contribution in [-0.4, -0.2) is 40.7 Å². The standard InChI is InChI=1S/C20H20N4O3S/c1-12-3-8-16-17(11-12)28-19(23-16)14-4-6-15(7-5-14)22-18(26)20(27)24(10-9-21)13(2)25/h3-8,11H,9-10,21H2,1-2H3,(H,22,26). The minimum atomic E-state index is -0.927. The van der Waals surface area contributed by atoms with Crippen molar-refractivity contribution in [2.24, 2.45) is 5.73 Å². The molecule has 144 valence electrons. The largest absolute Gasteiger partial charge is 0.329 e. The quantitative estimate of drug-likeness (QED) is 0.660. The van der Waals surface area contributed by atoms with Crippen molar-refractivity contribution >= 4 is 45.0 Å². The van der Waals surface area contributed by atoms with Crippen molar-refractivity contribution in [2.75, 3.05) is 18.4 Å². The number of nitrogens with two attached hydrogens (primary N) is 1. The molecule has 8 heteroatoms. The third-order valence-corrected chi connectivity index (χ3v) is 5.17. The Balaban J connectivity index is 1.74. The lowest BCUT2D eigenvalue weighted by Crippen LogP contribution is -2.44. The smallest absolute Gasteiger partial charge is 0.318 e. The zero-order chi connectivity index (χ0) is 20.3. The van der Waals surface area contributed by atoms with Crippen molar-refractivity contribution in [3.63, 3.8) is 0 Å². The van der Waals surface area contributed by atoms with E-state index in [4.69, 9.17) is 5.73 Å². The first-order valence-corrected chi connectivity index (χ1v) is 9.52. The van der Waals surface area contributed by atoms with Gasteiger partial charge < -0.3 is 11.1 Å². The Morgan fingerprint density at radius 1 is 1.14 bits per heavy atom. The summed E-state index contributed by atoms with van der Waals surface area (Å²) in [5, 5.41) is 3.38. The summed E-state index contributed by atoms with van der Waals surface area (Å²) >= 11 is 1.59. The van der Waals surface area contributed by atoms with E-state index < -0.39 is 17.7 Å². The van der Waals surface area contributed by atoms with Gasteiger partial charge in [0.05, 0.1) is 10.2 Å². The molecule has 3 rings (SSSR count). The summed E-state index contributed by atoms with van der Waals surface area (Å²) in [7, 11) is 0. The molecule has 0 spiro atoms. The molecule has 7 nitrogen and oxygen atoms in total. The highest BCUT2D eigenvalue weighted by Crippen LogP contribution is 2.31. The normalized spacial score (nSPS) is 10.7. The highest BCUT2D eigenvalue weighted by molar-refractivity contribution is 7.21. The van der Waals surface area contributed by atoms with Gasteiger partial charge in [0, 0.05) is 31.3 Å². The van der Waals surface area contributed by atoms with Gasteiger partial charge in [0.15, 0.2) is 0 Å². The van der Waals surface area contributed by atoms with Gasteiger partial charge in [0.2, 0.25) is 5.91 Å². The molecule has 0 saturated carbocycles. The molecule has 1 heterocycles. The van der Waals surface area contributed by atoms with E-state index in [0.717, 1.165) is 25.7 Å². The number of carbonyl (C=O) groups excluding carboxylic acids is 3. The second-order valence-electron chi connectivity index (χ2n) is 6.29. The average Bonchev–Trinajstić information content (AvgIpc) is 3.09. The Hall–Kier alpha value is -3.10. The number of anilines is 1. The van der Waals surface area contributed by atoms with E-state index in [1.54, 1.807) is 23.5 Å². The lowest BCUT2D eigenvalue weighted by atomic mass is 10.2. The molecule has 0 radical (unpaired) electrons. The number of aromatic nitrogens is 1. The van der Waals surface area contributed by atoms with Gasteiger partial charge >= 0.3 is 11.8 Å². The first kappa shape index (κ1) is 19.7. The fourth-order valence-electron chi connectivity index (χ4n) is 2.69. The second kappa shape index (κ2) is 8.28. The number of thiazole rings is 1. The number of imide groups is 1. The van der Waals surface area contributed by atoms with Crippen LogP contribution in [-0.2, 0) is 14.4 Å². The molecule has 0 fully saturated rings. The van der Waals surface area contributed by atoms with E-state index in [9.17, 15) is 14.4 Å². The maximum Gasteiger partial charge on any atom is 0.318 e. The van der Waals surface area contributed by atoms with Crippen LogP contribution in [0.1, 0.15) is 12.5 Å². The number of benzene rings is 2. The Morgan fingerprint density at radius 3 is 2.50 bits per heavy atom. The van der Waals surface area contributed by atoms with Crippen molar-refractivity contribution in [2.45, 2.75) is 13.8 Å². The van der Waals surface area contributed by atoms with Gasteiger partial charge in [-0.15, -0.1) is 11.3 Å². The summed E-state index contributed by atoms with van der Waals surface area (Å²) in [4.78, 5) is 41.2. The van der Waals surface area contributed by atoms with Gasteiger partial charge in [-0.2, -0.15) is 0 Å². The van der Waals surface area contributed by atoms with Crippen LogP contribution in [0.4, 0.5) is 5.69 Å². The summed E-state index contributed by atoms with van der Waals surface area (Å²) in [6, 6.07) is 13.2. The van der Waals surface area contributed by atoms with E-state index >= 15 is 0 Å². The first-order chi connectivity index (χ1) is 13.4. The molecule has 1 aromatic heterocycles. The van der Waals surface area contributed by atoms with Crippen LogP contribution in [0.2, 0.25) is 0 Å². The zero-order valence-electron chi connectivity index (χ0n) is 15.6. The Kier molecular flexibility index (Phi) is 5.81. The topological polar surface area (TPSA) is 105 Å². The number of nitrogens with zero attached hydrogens (tertiary/aromatic N) is 2. The van der Waals surface area contributed by atoms with E-state index in [1.165, 1.54) is 12.5 Å². The van der Waals surface area contributed by atoms with E-state index in [-0.39, 0.29) is 13.1 Å². The van der Waals surface area contributed by atoms with Crippen LogP contribution >= 0.6 is 11.3 Å². The van der Waals surface area contributed by atoms with Crippen LogP contribution in [0, 0.1) is 6.92 Å². The van der Waals surface area contributed by atoms with Gasteiger partial charge in [0.25, 0.3) is 0 Å². The Morgan fingerprint density at radius 2 is 1.86 bits per heavy atom. The van der Waals surface area contributed by atoms with Crippen molar-refractivity contribution in [3.05, 3.63) is 48.0 Å². The Labute approximate surface area is 166 Å². The summed E-state index contributed by atoms with van der Waals surface area (Å²) in [6.07, 6.45) is 0. The van der Waals surface area contributed by atoms with Crippen LogP contribution in [0.15, 0.2) is 42.5 Å². The highest BCUT2D eigenvalue weighted by Gasteiger charge is 2.24. The van der Waals surface area contributed by atoms with Gasteiger partial charge in [0.1, 0.15) is 5.01 Å². The maximum atomic E-state index is 12.1. The molecule has 3 amide bonds. The van der Waals surface area contributed by atoms with Crippen LogP contribution in [0.5, 0.6) is 0 Å². The SMILES string of the molecule is CC(=O)N(CCN)C(=O)C(=O)Nc1ccc(-c2nc3ccc(C)cc3s2)cc1. The maximum absolute atomic E-state index is 12.1. The molecule has 0 aliphatic rings. The molecule has 0 aliphatic heterocycles. The third-order valence-electron chi connectivity index (χ3n) is 4.11. The molecule has 2 aromatic carbocycles. The fourth-order valence-corrected chi connectivity index (χ4v) is 3.76. The molecular formula is C20H20N4O3S. The predicted octanol–water partition coefficient (Wildman–Crippen LogP) is 2.54. The molecular weight excluding hydrogens is 376 g/mol. The molecule has 0 unspecified atom stereocenters. The number of hydrogen-bond acceptors (Lipinski definition) is 6. The van der Waals surface area contributed by atoms with E-state index in [2.05, 4.69) is 16.4 Å². The van der Waals surface area contributed by atoms with E-state index in [0.29, 0.717) is 5.69 Å². The molecule has 28 heavy (non-hydrogen) atoms. The van der Waals surface area contributed by atoms with Gasteiger partial charge in [-0.05, 0) is 48.9 Å². The number of aryl methyl sites for hydroxylation is 1. The van der Waals surface area contributed by atoms with Crippen molar-refractivity contribution < 1.29 is 14.4 Å². The molecule has 3 aromatic rings. The van der Waals surface area contributed by atoms with E-state index in [1.807, 2.05) is 31.2 Å². The van der Waals surface area contributed by atoms with Crippen LogP contribution < -0.4 is 11.1 Å². The van der Waals surface area contributed by atoms with Gasteiger partial charge in [-0.3, -0.25) is 19.3 Å². The van der Waals surface area contributed by atoms with Crippen LogP contribution in [0.3, 0.4) is 0 Å². The number of fused-ring (bicyclic) bond motifs is 1. The summed E-state index contributed by atoms with van der Waals surface area (Å²) in [5.41, 5.74) is 8.87. The molecule has 0 bridgehead atoms. The molecule has 0 aliphatic carbocycles. The number of hydrogen-bond donors (Lipinski definition) is 2. The summed E-state index contributed by atoms with van der Waals surface area (Å²) in [6.45, 7) is 3.35. The number of carbonyl (C=O) groups is 3. The minimum Gasteiger partial charge on any atom is -0.329 e. The average molecular weight is 396 g/mol. The lowest BCUT2D eigenvalue weighted by molar-refractivity contribution is -0.149. The fraction of sp³-hybridized carbons (Fsp3) is 0.200. The highest BCUT2D eigenvalue weighted by atomic mass is 32.1. The summed E-state index contributed by atoms with van der Waals surface area (Å²) in [5.74, 6) is -2.33. The third kappa shape index (κ3) is 4.24. The summed E-state index contributed by atoms with van der Waals surface area (Å²) < 4.78 is 1.11. The second-order valence-corrected chi connectivity index (χ2v) is 7.32. The van der Waals surface area contributed by atoms with Gasteiger partial charge in [-0.1, -0.05) is 6.07 Å². The molecule has 0 saturated heterocycles. The van der Waals surface area contributed by atoms with Crippen molar-refractivity contribution in [3.8, 4) is 10.6 Å². The van der Waals surface area contributed by atoms with Crippen LogP contribution in [0.25, 0.3) is 20.8 Å². The number of nitrogens with one attached hydrogen (secondary N) is 1. The molecule has 3 N–H and O–H groups in total. The van der Waals surface area contributed by atoms with Gasteiger partial charge in [-0.25, -0.2) is 4.98 Å². The van der Waals surface area contributed by atoms with Crippen molar-refractivity contribution in [1.82, 2.24) is 9.88 Å². The van der Waals surface area contributed by atoms with Crippen molar-refractivity contribution in [1.29, 1.82) is 0 Å². The zero-order valence-corrected chi connectivity index (χ0v) is 16.4. The Bertz CT molecular complexity index is 1040. The minimum absolute atomic E-state index is 0.00238.